The number of hydrogen-bond acceptors (Lipinski definition) is 4. The Morgan fingerprint density at radius 2 is 2.00 bits per heavy atom. The fraction of sp³-hybridized carbons (Fsp3) is 0.529. The Morgan fingerprint density at radius 3 is 2.64 bits per heavy atom. The molecule has 1 aliphatic rings. The van der Waals surface area contributed by atoms with Crippen molar-refractivity contribution in [1.29, 1.82) is 0 Å². The SMILES string of the molecule is COc1ccc(C(=O)CCC(=O)N[C@@H]2CCCN(C)C2)cc1. The largest absolute Gasteiger partial charge is 0.497 e. The number of methoxy groups -OCH3 is 1. The number of Topliss-reactive ketones (excluding diaryl/α,β-unsaturated/α-hetero) is 1. The number of likely N-dealkylation sites (tertiary alicyclic amines) is 1. The van der Waals surface area contributed by atoms with E-state index < -0.39 is 0 Å². The van der Waals surface area contributed by atoms with E-state index in [2.05, 4.69) is 17.3 Å². The van der Waals surface area contributed by atoms with Crippen LogP contribution in [0.1, 0.15) is 36.0 Å². The van der Waals surface area contributed by atoms with Crippen molar-refractivity contribution in [3.05, 3.63) is 29.8 Å². The lowest BCUT2D eigenvalue weighted by atomic mass is 10.0. The van der Waals surface area contributed by atoms with Gasteiger partial charge >= 0.3 is 0 Å². The smallest absolute Gasteiger partial charge is 0.220 e. The van der Waals surface area contributed by atoms with Crippen LogP contribution in [-0.2, 0) is 4.79 Å². The van der Waals surface area contributed by atoms with E-state index in [0.717, 1.165) is 31.7 Å². The molecule has 0 aliphatic carbocycles. The Morgan fingerprint density at radius 1 is 1.27 bits per heavy atom. The van der Waals surface area contributed by atoms with Crippen LogP contribution in [0.5, 0.6) is 5.75 Å². The molecule has 0 aromatic heterocycles. The fourth-order valence-corrected chi connectivity index (χ4v) is 2.73. The zero-order chi connectivity index (χ0) is 15.9. The molecule has 1 aromatic rings. The number of rotatable bonds is 6. The molecule has 0 bridgehead atoms. The number of likely N-dealkylation sites (N-methyl/N-ethyl adjacent to an activating group) is 1. The molecule has 1 aromatic carbocycles. The van der Waals surface area contributed by atoms with E-state index in [1.807, 2.05) is 0 Å². The van der Waals surface area contributed by atoms with Crippen LogP contribution in [0.2, 0.25) is 0 Å². The molecular formula is C17H24N2O3. The monoisotopic (exact) mass is 304 g/mol. The van der Waals surface area contributed by atoms with Crippen molar-refractivity contribution in [2.75, 3.05) is 27.2 Å². The number of nitrogens with zero attached hydrogens (tertiary/aromatic N) is 1. The average molecular weight is 304 g/mol. The normalized spacial score (nSPS) is 18.7. The van der Waals surface area contributed by atoms with Gasteiger partial charge in [0.05, 0.1) is 7.11 Å². The highest BCUT2D eigenvalue weighted by molar-refractivity contribution is 5.98. The summed E-state index contributed by atoms with van der Waals surface area (Å²) in [6.45, 7) is 1.97. The molecule has 0 saturated carbocycles. The first-order valence-electron chi connectivity index (χ1n) is 7.73. The third-order valence-electron chi connectivity index (χ3n) is 3.98. The van der Waals surface area contributed by atoms with Crippen LogP contribution in [0, 0.1) is 0 Å². The number of ketones is 1. The molecule has 120 valence electrons. The zero-order valence-corrected chi connectivity index (χ0v) is 13.3. The van der Waals surface area contributed by atoms with E-state index in [4.69, 9.17) is 4.74 Å². The summed E-state index contributed by atoms with van der Waals surface area (Å²) in [4.78, 5) is 26.2. The maximum atomic E-state index is 12.1. The molecule has 2 rings (SSSR count). The molecule has 5 heteroatoms. The van der Waals surface area contributed by atoms with Gasteiger partial charge in [-0.05, 0) is 50.7 Å². The second-order valence-electron chi connectivity index (χ2n) is 5.82. The minimum absolute atomic E-state index is 0.0152. The summed E-state index contributed by atoms with van der Waals surface area (Å²) in [6, 6.07) is 7.18. The van der Waals surface area contributed by atoms with E-state index in [0.29, 0.717) is 5.56 Å². The summed E-state index contributed by atoms with van der Waals surface area (Å²) in [5.41, 5.74) is 0.617. The van der Waals surface area contributed by atoms with Crippen molar-refractivity contribution in [3.8, 4) is 5.75 Å². The molecule has 1 N–H and O–H groups in total. The third-order valence-corrected chi connectivity index (χ3v) is 3.98. The van der Waals surface area contributed by atoms with Gasteiger partial charge in [0.15, 0.2) is 5.78 Å². The molecular weight excluding hydrogens is 280 g/mol. The van der Waals surface area contributed by atoms with E-state index in [1.54, 1.807) is 31.4 Å². The number of ether oxygens (including phenoxy) is 1. The summed E-state index contributed by atoms with van der Waals surface area (Å²) in [6.07, 6.45) is 2.60. The van der Waals surface area contributed by atoms with Gasteiger partial charge < -0.3 is 15.0 Å². The van der Waals surface area contributed by atoms with E-state index in [-0.39, 0.29) is 30.6 Å². The van der Waals surface area contributed by atoms with E-state index in [9.17, 15) is 9.59 Å². The Bertz CT molecular complexity index is 513. The van der Waals surface area contributed by atoms with Gasteiger partial charge in [0, 0.05) is 31.0 Å². The number of amides is 1. The highest BCUT2D eigenvalue weighted by Crippen LogP contribution is 2.13. The Kier molecular flexibility index (Phi) is 5.95. The van der Waals surface area contributed by atoms with Gasteiger partial charge in [-0.2, -0.15) is 0 Å². The van der Waals surface area contributed by atoms with Crippen molar-refractivity contribution in [2.45, 2.75) is 31.7 Å². The van der Waals surface area contributed by atoms with Crippen LogP contribution in [0.15, 0.2) is 24.3 Å². The predicted octanol–water partition coefficient (Wildman–Crippen LogP) is 1.87. The molecule has 0 radical (unpaired) electrons. The molecule has 1 atom stereocenters. The quantitative estimate of drug-likeness (QED) is 0.815. The van der Waals surface area contributed by atoms with Crippen molar-refractivity contribution < 1.29 is 14.3 Å². The molecule has 22 heavy (non-hydrogen) atoms. The molecule has 5 nitrogen and oxygen atoms in total. The van der Waals surface area contributed by atoms with Gasteiger partial charge in [0.1, 0.15) is 5.75 Å². The zero-order valence-electron chi connectivity index (χ0n) is 13.3. The van der Waals surface area contributed by atoms with Crippen LogP contribution in [0.25, 0.3) is 0 Å². The summed E-state index contributed by atoms with van der Waals surface area (Å²) < 4.78 is 5.06. The van der Waals surface area contributed by atoms with Crippen molar-refractivity contribution >= 4 is 11.7 Å². The maximum Gasteiger partial charge on any atom is 0.220 e. The lowest BCUT2D eigenvalue weighted by Crippen LogP contribution is -2.46. The summed E-state index contributed by atoms with van der Waals surface area (Å²) >= 11 is 0. The number of hydrogen-bond donors (Lipinski definition) is 1. The van der Waals surface area contributed by atoms with Gasteiger partial charge in [0.25, 0.3) is 0 Å². The van der Waals surface area contributed by atoms with E-state index in [1.165, 1.54) is 0 Å². The first-order chi connectivity index (χ1) is 10.6. The summed E-state index contributed by atoms with van der Waals surface area (Å²) in [5.74, 6) is 0.663. The minimum Gasteiger partial charge on any atom is -0.497 e. The van der Waals surface area contributed by atoms with Crippen LogP contribution in [-0.4, -0.2) is 49.9 Å². The second kappa shape index (κ2) is 7.94. The first-order valence-corrected chi connectivity index (χ1v) is 7.73. The molecule has 1 fully saturated rings. The van der Waals surface area contributed by atoms with Crippen LogP contribution >= 0.6 is 0 Å². The highest BCUT2D eigenvalue weighted by atomic mass is 16.5. The van der Waals surface area contributed by atoms with Gasteiger partial charge in [-0.25, -0.2) is 0 Å². The number of piperidine rings is 1. The number of carbonyl (C=O) groups is 2. The Hall–Kier alpha value is -1.88. The predicted molar refractivity (Wildman–Crippen MR) is 85.2 cm³/mol. The van der Waals surface area contributed by atoms with Gasteiger partial charge in [-0.1, -0.05) is 0 Å². The third kappa shape index (κ3) is 4.84. The summed E-state index contributed by atoms with van der Waals surface area (Å²) in [7, 11) is 3.65. The Labute approximate surface area is 131 Å². The van der Waals surface area contributed by atoms with Gasteiger partial charge in [-0.15, -0.1) is 0 Å². The first kappa shape index (κ1) is 16.5. The molecule has 1 amide bonds. The molecule has 1 saturated heterocycles. The Balaban J connectivity index is 1.76. The highest BCUT2D eigenvalue weighted by Gasteiger charge is 2.19. The van der Waals surface area contributed by atoms with Crippen LogP contribution in [0.4, 0.5) is 0 Å². The number of carbonyl (C=O) groups excluding carboxylic acids is 2. The van der Waals surface area contributed by atoms with Crippen molar-refractivity contribution in [1.82, 2.24) is 10.2 Å². The van der Waals surface area contributed by atoms with Gasteiger partial charge in [0.2, 0.25) is 5.91 Å². The van der Waals surface area contributed by atoms with Gasteiger partial charge in [-0.3, -0.25) is 9.59 Å². The fourth-order valence-electron chi connectivity index (χ4n) is 2.73. The average Bonchev–Trinajstić information content (AvgIpc) is 2.52. The number of benzene rings is 1. The summed E-state index contributed by atoms with van der Waals surface area (Å²) in [5, 5.41) is 3.02. The topological polar surface area (TPSA) is 58.6 Å². The lowest BCUT2D eigenvalue weighted by Gasteiger charge is -2.30. The van der Waals surface area contributed by atoms with Crippen molar-refractivity contribution in [3.63, 3.8) is 0 Å². The van der Waals surface area contributed by atoms with Crippen LogP contribution in [0.3, 0.4) is 0 Å². The maximum absolute atomic E-state index is 12.1. The number of nitrogens with one attached hydrogen (secondary N) is 1. The van der Waals surface area contributed by atoms with E-state index >= 15 is 0 Å². The molecule has 0 unspecified atom stereocenters. The second-order valence-corrected chi connectivity index (χ2v) is 5.82. The molecule has 0 spiro atoms. The van der Waals surface area contributed by atoms with Crippen LogP contribution < -0.4 is 10.1 Å². The standard InChI is InChI=1S/C17H24N2O3/c1-19-11-3-4-14(12-19)18-17(21)10-9-16(20)13-5-7-15(22-2)8-6-13/h5-8,14H,3-4,9-12H2,1-2H3,(H,18,21)/t14-/m1/s1. The van der Waals surface area contributed by atoms with Crippen molar-refractivity contribution in [2.24, 2.45) is 0 Å². The molecule has 1 aliphatic heterocycles. The minimum atomic E-state index is -0.0397. The molecule has 1 heterocycles. The lowest BCUT2D eigenvalue weighted by molar-refractivity contribution is -0.122.